The molecule has 0 fully saturated rings. The Labute approximate surface area is 129 Å². The lowest BCUT2D eigenvalue weighted by Gasteiger charge is -2.32. The number of fused-ring (bicyclic) bond motifs is 1. The van der Waals surface area contributed by atoms with E-state index in [0.29, 0.717) is 17.1 Å². The van der Waals surface area contributed by atoms with Gasteiger partial charge in [0.2, 0.25) is 10.0 Å². The van der Waals surface area contributed by atoms with Gasteiger partial charge >= 0.3 is 0 Å². The first-order valence-electron chi connectivity index (χ1n) is 6.85. The summed E-state index contributed by atoms with van der Waals surface area (Å²) in [4.78, 5) is 1.61. The molecule has 0 saturated carbocycles. The topological polar surface area (TPSA) is 63.4 Å². The van der Waals surface area contributed by atoms with Gasteiger partial charge in [0.25, 0.3) is 0 Å². The number of rotatable bonds is 2. The van der Waals surface area contributed by atoms with Gasteiger partial charge in [0.05, 0.1) is 4.90 Å². The lowest BCUT2D eigenvalue weighted by atomic mass is 10.0. The van der Waals surface area contributed by atoms with Crippen molar-refractivity contribution in [2.75, 3.05) is 12.3 Å². The van der Waals surface area contributed by atoms with Crippen molar-refractivity contribution in [2.45, 2.75) is 31.2 Å². The highest BCUT2D eigenvalue weighted by Gasteiger charge is 2.34. The van der Waals surface area contributed by atoms with Gasteiger partial charge in [-0.25, -0.2) is 8.42 Å². The van der Waals surface area contributed by atoms with Crippen LogP contribution >= 0.6 is 11.3 Å². The van der Waals surface area contributed by atoms with Gasteiger partial charge in [0.1, 0.15) is 0 Å². The highest BCUT2D eigenvalue weighted by molar-refractivity contribution is 7.89. The van der Waals surface area contributed by atoms with Crippen LogP contribution in [0.1, 0.15) is 29.0 Å². The lowest BCUT2D eigenvalue weighted by Crippen LogP contribution is -2.38. The molecule has 2 aromatic rings. The summed E-state index contributed by atoms with van der Waals surface area (Å²) in [7, 11) is -3.49. The summed E-state index contributed by atoms with van der Waals surface area (Å²) in [6.45, 7) is 4.30. The molecular formula is C15H18N2O2S2. The van der Waals surface area contributed by atoms with Gasteiger partial charge in [0, 0.05) is 23.2 Å². The second-order valence-corrected chi connectivity index (χ2v) is 8.25. The van der Waals surface area contributed by atoms with Crippen LogP contribution in [0.15, 0.2) is 34.5 Å². The van der Waals surface area contributed by atoms with Crippen LogP contribution in [0.25, 0.3) is 0 Å². The van der Waals surface area contributed by atoms with Gasteiger partial charge in [0.15, 0.2) is 0 Å². The van der Waals surface area contributed by atoms with Crippen LogP contribution in [-0.4, -0.2) is 19.3 Å². The molecule has 1 unspecified atom stereocenters. The fourth-order valence-corrected chi connectivity index (χ4v) is 5.42. The molecule has 0 spiro atoms. The van der Waals surface area contributed by atoms with Gasteiger partial charge < -0.3 is 5.73 Å². The molecule has 1 aliphatic heterocycles. The number of thiophene rings is 1. The Morgan fingerprint density at radius 2 is 2.10 bits per heavy atom. The first-order valence-corrected chi connectivity index (χ1v) is 9.17. The number of hydrogen-bond donors (Lipinski definition) is 1. The van der Waals surface area contributed by atoms with Crippen molar-refractivity contribution >= 4 is 27.0 Å². The Hall–Kier alpha value is -1.37. The molecule has 1 aliphatic rings. The molecule has 0 radical (unpaired) electrons. The smallest absolute Gasteiger partial charge is 0.243 e. The molecule has 3 rings (SSSR count). The van der Waals surface area contributed by atoms with Crippen molar-refractivity contribution in [3.05, 3.63) is 45.6 Å². The summed E-state index contributed by atoms with van der Waals surface area (Å²) in [6.07, 6.45) is 0.782. The van der Waals surface area contributed by atoms with Crippen LogP contribution < -0.4 is 5.73 Å². The first-order chi connectivity index (χ1) is 9.91. The maximum Gasteiger partial charge on any atom is 0.243 e. The molecule has 4 nitrogen and oxygen atoms in total. The van der Waals surface area contributed by atoms with Crippen molar-refractivity contribution < 1.29 is 8.42 Å². The number of nitrogen functional groups attached to an aromatic ring is 1. The zero-order valence-corrected chi connectivity index (χ0v) is 13.7. The van der Waals surface area contributed by atoms with Gasteiger partial charge in [-0.05, 0) is 61.0 Å². The SMILES string of the molecule is Cc1cc(S(=O)(=O)N2CCc3sccc3C2C)ccc1N. The molecule has 0 amide bonds. The van der Waals surface area contributed by atoms with E-state index in [4.69, 9.17) is 5.73 Å². The molecule has 2 N–H and O–H groups in total. The number of sulfonamides is 1. The largest absolute Gasteiger partial charge is 0.399 e. The van der Waals surface area contributed by atoms with Crippen LogP contribution in [-0.2, 0) is 16.4 Å². The maximum absolute atomic E-state index is 12.9. The zero-order chi connectivity index (χ0) is 15.2. The Bertz CT molecular complexity index is 781. The molecule has 6 heteroatoms. The molecule has 1 aromatic carbocycles. The minimum atomic E-state index is -3.49. The van der Waals surface area contributed by atoms with Crippen LogP contribution in [0.5, 0.6) is 0 Å². The Morgan fingerprint density at radius 3 is 2.81 bits per heavy atom. The molecular weight excluding hydrogens is 304 g/mol. The zero-order valence-electron chi connectivity index (χ0n) is 12.0. The van der Waals surface area contributed by atoms with Gasteiger partial charge in [-0.1, -0.05) is 0 Å². The number of hydrogen-bond acceptors (Lipinski definition) is 4. The first kappa shape index (κ1) is 14.6. The third-order valence-electron chi connectivity index (χ3n) is 4.07. The second kappa shape index (κ2) is 5.12. The summed E-state index contributed by atoms with van der Waals surface area (Å²) in [5.74, 6) is 0. The van der Waals surface area contributed by atoms with Gasteiger partial charge in [-0.3, -0.25) is 0 Å². The molecule has 21 heavy (non-hydrogen) atoms. The minimum absolute atomic E-state index is 0.122. The fraction of sp³-hybridized carbons (Fsp3) is 0.333. The number of nitrogens with zero attached hydrogens (tertiary/aromatic N) is 1. The molecule has 1 atom stereocenters. The summed E-state index contributed by atoms with van der Waals surface area (Å²) in [6, 6.07) is 6.81. The van der Waals surface area contributed by atoms with Crippen LogP contribution in [0.4, 0.5) is 5.69 Å². The van der Waals surface area contributed by atoms with E-state index >= 15 is 0 Å². The van der Waals surface area contributed by atoms with E-state index in [1.807, 2.05) is 25.3 Å². The van der Waals surface area contributed by atoms with Crippen LogP contribution in [0, 0.1) is 6.92 Å². The van der Waals surface area contributed by atoms with E-state index in [0.717, 1.165) is 17.5 Å². The van der Waals surface area contributed by atoms with Crippen molar-refractivity contribution in [1.29, 1.82) is 0 Å². The van der Waals surface area contributed by atoms with Crippen LogP contribution in [0.3, 0.4) is 0 Å². The Balaban J connectivity index is 2.01. The molecule has 1 aromatic heterocycles. The summed E-state index contributed by atoms with van der Waals surface area (Å²) in [5, 5.41) is 2.03. The quantitative estimate of drug-likeness (QED) is 0.865. The lowest BCUT2D eigenvalue weighted by molar-refractivity contribution is 0.329. The molecule has 112 valence electrons. The molecule has 0 saturated heterocycles. The average molecular weight is 322 g/mol. The highest BCUT2D eigenvalue weighted by Crippen LogP contribution is 2.36. The number of aryl methyl sites for hydroxylation is 1. The summed E-state index contributed by atoms with van der Waals surface area (Å²) in [5.41, 5.74) is 8.31. The molecule has 0 aliphatic carbocycles. The maximum atomic E-state index is 12.9. The van der Waals surface area contributed by atoms with Gasteiger partial charge in [-0.15, -0.1) is 11.3 Å². The number of nitrogens with two attached hydrogens (primary N) is 1. The summed E-state index contributed by atoms with van der Waals surface area (Å²) < 4.78 is 27.4. The van der Waals surface area contributed by atoms with E-state index in [9.17, 15) is 8.42 Å². The fourth-order valence-electron chi connectivity index (χ4n) is 2.76. The highest BCUT2D eigenvalue weighted by atomic mass is 32.2. The van der Waals surface area contributed by atoms with Crippen molar-refractivity contribution in [3.8, 4) is 0 Å². The minimum Gasteiger partial charge on any atom is -0.399 e. The Kier molecular flexibility index (Phi) is 3.55. The second-order valence-electron chi connectivity index (χ2n) is 5.36. The number of anilines is 1. The monoisotopic (exact) mass is 322 g/mol. The van der Waals surface area contributed by atoms with E-state index in [2.05, 4.69) is 0 Å². The van der Waals surface area contributed by atoms with Crippen molar-refractivity contribution in [1.82, 2.24) is 4.31 Å². The average Bonchev–Trinajstić information content (AvgIpc) is 2.91. The van der Waals surface area contributed by atoms with Crippen LogP contribution in [0.2, 0.25) is 0 Å². The van der Waals surface area contributed by atoms with Gasteiger partial charge in [-0.2, -0.15) is 4.31 Å². The van der Waals surface area contributed by atoms with E-state index in [1.165, 1.54) is 4.88 Å². The van der Waals surface area contributed by atoms with E-state index < -0.39 is 10.0 Å². The van der Waals surface area contributed by atoms with Crippen molar-refractivity contribution in [3.63, 3.8) is 0 Å². The normalized spacial score (nSPS) is 19.4. The predicted molar refractivity (Wildman–Crippen MR) is 85.9 cm³/mol. The molecule has 2 heterocycles. The van der Waals surface area contributed by atoms with E-state index in [-0.39, 0.29) is 6.04 Å². The third-order valence-corrected chi connectivity index (χ3v) is 7.03. The summed E-state index contributed by atoms with van der Waals surface area (Å²) >= 11 is 1.70. The Morgan fingerprint density at radius 1 is 1.33 bits per heavy atom. The van der Waals surface area contributed by atoms with E-state index in [1.54, 1.807) is 33.8 Å². The number of benzene rings is 1. The predicted octanol–water partition coefficient (Wildman–Crippen LogP) is 2.95. The molecule has 0 bridgehead atoms. The van der Waals surface area contributed by atoms with Crippen molar-refractivity contribution in [2.24, 2.45) is 0 Å². The standard InChI is InChI=1S/C15H18N2O2S2/c1-10-9-12(3-4-14(10)16)21(18,19)17-7-5-15-13(11(17)2)6-8-20-15/h3-4,6,8-9,11H,5,7,16H2,1-2H3. The third kappa shape index (κ3) is 2.37.